The highest BCUT2D eigenvalue weighted by Gasteiger charge is 2.34. The predicted molar refractivity (Wildman–Crippen MR) is 86.4 cm³/mol. The highest BCUT2D eigenvalue weighted by Crippen LogP contribution is 2.31. The third-order valence-corrected chi connectivity index (χ3v) is 3.40. The molecule has 1 aromatic heterocycles. The lowest BCUT2D eigenvalue weighted by atomic mass is 10.1. The SMILES string of the molecule is Cc1cccc(C)c1Nc1cc(C(F)(F)F)nc(N[C@@H](C)CO)n1. The Morgan fingerprint density at radius 2 is 1.79 bits per heavy atom. The quantitative estimate of drug-likeness (QED) is 0.775. The number of nitrogens with zero attached hydrogens (tertiary/aromatic N) is 2. The van der Waals surface area contributed by atoms with E-state index < -0.39 is 17.9 Å². The first-order valence-corrected chi connectivity index (χ1v) is 7.37. The fourth-order valence-electron chi connectivity index (χ4n) is 2.13. The third kappa shape index (κ3) is 4.35. The molecule has 3 N–H and O–H groups in total. The Bertz CT molecular complexity index is 699. The number of hydrogen-bond acceptors (Lipinski definition) is 5. The van der Waals surface area contributed by atoms with Crippen molar-refractivity contribution < 1.29 is 18.3 Å². The molecule has 0 saturated carbocycles. The molecule has 0 aliphatic carbocycles. The van der Waals surface area contributed by atoms with Crippen molar-refractivity contribution in [3.8, 4) is 0 Å². The van der Waals surface area contributed by atoms with Gasteiger partial charge in [0, 0.05) is 17.8 Å². The highest BCUT2D eigenvalue weighted by atomic mass is 19.4. The number of anilines is 3. The third-order valence-electron chi connectivity index (χ3n) is 3.40. The topological polar surface area (TPSA) is 70.1 Å². The van der Waals surface area contributed by atoms with E-state index in [1.807, 2.05) is 32.0 Å². The molecule has 130 valence electrons. The number of benzene rings is 1. The van der Waals surface area contributed by atoms with Crippen LogP contribution in [0.25, 0.3) is 0 Å². The Labute approximate surface area is 138 Å². The minimum absolute atomic E-state index is 0.0300. The predicted octanol–water partition coefficient (Wildman–Crippen LogP) is 3.65. The summed E-state index contributed by atoms with van der Waals surface area (Å²) in [7, 11) is 0. The van der Waals surface area contributed by atoms with Crippen LogP contribution in [0.5, 0.6) is 0 Å². The van der Waals surface area contributed by atoms with Gasteiger partial charge in [0.1, 0.15) is 5.82 Å². The van der Waals surface area contributed by atoms with Gasteiger partial charge < -0.3 is 15.7 Å². The van der Waals surface area contributed by atoms with Crippen LogP contribution in [0.4, 0.5) is 30.6 Å². The molecule has 1 atom stereocenters. The number of aliphatic hydroxyl groups is 1. The van der Waals surface area contributed by atoms with Crippen LogP contribution >= 0.6 is 0 Å². The lowest BCUT2D eigenvalue weighted by Gasteiger charge is -2.16. The second-order valence-corrected chi connectivity index (χ2v) is 5.58. The first kappa shape index (κ1) is 18.0. The van der Waals surface area contributed by atoms with Gasteiger partial charge in [-0.3, -0.25) is 0 Å². The summed E-state index contributed by atoms with van der Waals surface area (Å²) in [6, 6.07) is 5.97. The fourth-order valence-corrected chi connectivity index (χ4v) is 2.13. The van der Waals surface area contributed by atoms with Gasteiger partial charge in [-0.15, -0.1) is 0 Å². The van der Waals surface area contributed by atoms with Crippen LogP contribution in [0.15, 0.2) is 24.3 Å². The maximum atomic E-state index is 13.1. The van der Waals surface area contributed by atoms with Crippen LogP contribution in [0.3, 0.4) is 0 Å². The van der Waals surface area contributed by atoms with Crippen LogP contribution in [-0.2, 0) is 6.18 Å². The summed E-state index contributed by atoms with van der Waals surface area (Å²) in [5.41, 5.74) is 1.42. The normalized spacial score (nSPS) is 12.8. The van der Waals surface area contributed by atoms with Gasteiger partial charge >= 0.3 is 6.18 Å². The molecule has 24 heavy (non-hydrogen) atoms. The van der Waals surface area contributed by atoms with E-state index in [-0.39, 0.29) is 18.4 Å². The molecular weight excluding hydrogens is 321 g/mol. The number of hydrogen-bond donors (Lipinski definition) is 3. The number of nitrogens with one attached hydrogen (secondary N) is 2. The molecule has 0 aliphatic rings. The largest absolute Gasteiger partial charge is 0.433 e. The number of halogens is 3. The number of aromatic nitrogens is 2. The van der Waals surface area contributed by atoms with Crippen LogP contribution < -0.4 is 10.6 Å². The smallest absolute Gasteiger partial charge is 0.394 e. The minimum Gasteiger partial charge on any atom is -0.394 e. The van der Waals surface area contributed by atoms with Crippen molar-refractivity contribution in [3.63, 3.8) is 0 Å². The lowest BCUT2D eigenvalue weighted by Crippen LogP contribution is -2.22. The van der Waals surface area contributed by atoms with E-state index >= 15 is 0 Å². The van der Waals surface area contributed by atoms with Gasteiger partial charge in [0.25, 0.3) is 0 Å². The zero-order valence-electron chi connectivity index (χ0n) is 13.6. The number of rotatable bonds is 5. The van der Waals surface area contributed by atoms with Crippen LogP contribution in [0.2, 0.25) is 0 Å². The number of para-hydroxylation sites is 1. The van der Waals surface area contributed by atoms with E-state index in [0.717, 1.165) is 17.2 Å². The number of aliphatic hydroxyl groups excluding tert-OH is 1. The minimum atomic E-state index is -4.60. The molecule has 2 rings (SSSR count). The van der Waals surface area contributed by atoms with Gasteiger partial charge in [0.15, 0.2) is 5.69 Å². The first-order chi connectivity index (χ1) is 11.2. The number of alkyl halides is 3. The maximum Gasteiger partial charge on any atom is 0.433 e. The van der Waals surface area contributed by atoms with Crippen molar-refractivity contribution in [1.29, 1.82) is 0 Å². The Morgan fingerprint density at radius 1 is 1.17 bits per heavy atom. The molecule has 0 saturated heterocycles. The molecule has 0 aliphatic heterocycles. The lowest BCUT2D eigenvalue weighted by molar-refractivity contribution is -0.141. The molecule has 0 bridgehead atoms. The van der Waals surface area contributed by atoms with E-state index in [1.54, 1.807) is 6.92 Å². The average Bonchev–Trinajstić information content (AvgIpc) is 2.50. The summed E-state index contributed by atoms with van der Waals surface area (Å²) < 4.78 is 39.2. The molecule has 0 amide bonds. The van der Waals surface area contributed by atoms with Crippen molar-refractivity contribution >= 4 is 17.5 Å². The maximum absolute atomic E-state index is 13.1. The van der Waals surface area contributed by atoms with E-state index in [1.165, 1.54) is 0 Å². The Kier molecular flexibility index (Phi) is 5.28. The molecule has 5 nitrogen and oxygen atoms in total. The molecule has 1 heterocycles. The van der Waals surface area contributed by atoms with Crippen molar-refractivity contribution in [2.24, 2.45) is 0 Å². The second kappa shape index (κ2) is 7.04. The van der Waals surface area contributed by atoms with Crippen LogP contribution in [0, 0.1) is 13.8 Å². The average molecular weight is 340 g/mol. The van der Waals surface area contributed by atoms with Crippen LogP contribution in [-0.4, -0.2) is 27.7 Å². The Hall–Kier alpha value is -2.35. The van der Waals surface area contributed by atoms with E-state index in [4.69, 9.17) is 5.11 Å². The molecule has 8 heteroatoms. The molecule has 2 aromatic rings. The monoisotopic (exact) mass is 340 g/mol. The zero-order chi connectivity index (χ0) is 17.9. The standard InChI is InChI=1S/C16H19F3N4O/c1-9-5-4-6-10(2)14(9)22-13-7-12(16(17,18)19)21-15(23-13)20-11(3)8-24/h4-7,11,24H,8H2,1-3H3,(H2,20,21,22,23)/t11-/m0/s1. The van der Waals surface area contributed by atoms with Gasteiger partial charge in [-0.25, -0.2) is 4.98 Å². The van der Waals surface area contributed by atoms with Gasteiger partial charge in [-0.05, 0) is 31.9 Å². The number of aryl methyl sites for hydroxylation is 2. The van der Waals surface area contributed by atoms with Crippen molar-refractivity contribution in [2.75, 3.05) is 17.2 Å². The molecule has 1 aromatic carbocycles. The van der Waals surface area contributed by atoms with Gasteiger partial charge in [-0.2, -0.15) is 18.2 Å². The van der Waals surface area contributed by atoms with Crippen molar-refractivity contribution in [2.45, 2.75) is 33.0 Å². The van der Waals surface area contributed by atoms with Crippen molar-refractivity contribution in [3.05, 3.63) is 41.1 Å². The summed E-state index contributed by atoms with van der Waals surface area (Å²) in [6.07, 6.45) is -4.60. The molecule has 0 unspecified atom stereocenters. The van der Waals surface area contributed by atoms with E-state index in [2.05, 4.69) is 20.6 Å². The molecule has 0 fully saturated rings. The van der Waals surface area contributed by atoms with Crippen LogP contribution in [0.1, 0.15) is 23.7 Å². The summed E-state index contributed by atoms with van der Waals surface area (Å²) in [5.74, 6) is -0.164. The summed E-state index contributed by atoms with van der Waals surface area (Å²) >= 11 is 0. The zero-order valence-corrected chi connectivity index (χ0v) is 13.6. The second-order valence-electron chi connectivity index (χ2n) is 5.58. The van der Waals surface area contributed by atoms with Crippen molar-refractivity contribution in [1.82, 2.24) is 9.97 Å². The summed E-state index contributed by atoms with van der Waals surface area (Å²) in [6.45, 7) is 5.07. The summed E-state index contributed by atoms with van der Waals surface area (Å²) in [4.78, 5) is 7.55. The van der Waals surface area contributed by atoms with Gasteiger partial charge in [-0.1, -0.05) is 18.2 Å². The van der Waals surface area contributed by atoms with Gasteiger partial charge in [0.05, 0.1) is 6.61 Å². The Morgan fingerprint density at radius 3 is 2.33 bits per heavy atom. The Balaban J connectivity index is 2.43. The first-order valence-electron chi connectivity index (χ1n) is 7.37. The molecule has 0 spiro atoms. The molecule has 0 radical (unpaired) electrons. The van der Waals surface area contributed by atoms with Gasteiger partial charge in [0.2, 0.25) is 5.95 Å². The summed E-state index contributed by atoms with van der Waals surface area (Å²) in [5, 5.41) is 14.6. The van der Waals surface area contributed by atoms with E-state index in [9.17, 15) is 13.2 Å². The fraction of sp³-hybridized carbons (Fsp3) is 0.375. The highest BCUT2D eigenvalue weighted by molar-refractivity contribution is 5.65. The van der Waals surface area contributed by atoms with E-state index in [0.29, 0.717) is 5.69 Å². The molecular formula is C16H19F3N4O.